The summed E-state index contributed by atoms with van der Waals surface area (Å²) in [6, 6.07) is 11.8. The van der Waals surface area contributed by atoms with Crippen LogP contribution in [0.15, 0.2) is 55.0 Å². The Balaban J connectivity index is 1.37. The van der Waals surface area contributed by atoms with Gasteiger partial charge in [0.1, 0.15) is 12.4 Å². The fourth-order valence-corrected chi connectivity index (χ4v) is 4.67. The number of aliphatic hydroxyl groups is 1. The smallest absolute Gasteiger partial charge is 0.248 e. The minimum absolute atomic E-state index is 0.216. The van der Waals surface area contributed by atoms with Gasteiger partial charge in [0.25, 0.3) is 0 Å². The van der Waals surface area contributed by atoms with Crippen molar-refractivity contribution >= 4 is 34.7 Å². The number of nitrogens with one attached hydrogen (secondary N) is 1. The van der Waals surface area contributed by atoms with Gasteiger partial charge < -0.3 is 20.1 Å². The molecular weight excluding hydrogens is 468 g/mol. The van der Waals surface area contributed by atoms with Gasteiger partial charge in [0.2, 0.25) is 11.9 Å². The molecule has 35 heavy (non-hydrogen) atoms. The number of halogens is 1. The van der Waals surface area contributed by atoms with Gasteiger partial charge in [0.05, 0.1) is 41.4 Å². The number of benzene rings is 1. The molecule has 1 fully saturated rings. The maximum Gasteiger partial charge on any atom is 0.248 e. The Morgan fingerprint density at radius 3 is 2.83 bits per heavy atom. The van der Waals surface area contributed by atoms with Gasteiger partial charge in [0, 0.05) is 24.8 Å². The zero-order valence-electron chi connectivity index (χ0n) is 19.2. The number of likely N-dealkylation sites (tertiary alicyclic amines) is 1. The second-order valence-corrected chi connectivity index (χ2v) is 8.78. The number of fused-ring (bicyclic) bond motifs is 1. The van der Waals surface area contributed by atoms with Crippen LogP contribution in [0, 0.1) is 0 Å². The molecule has 9 nitrogen and oxygen atoms in total. The first-order valence-corrected chi connectivity index (χ1v) is 11.7. The number of aliphatic hydroxyl groups excluding tert-OH is 1. The first-order chi connectivity index (χ1) is 17.1. The van der Waals surface area contributed by atoms with Crippen LogP contribution >= 0.6 is 11.6 Å². The predicted octanol–water partition coefficient (Wildman–Crippen LogP) is 3.90. The number of rotatable bonds is 6. The van der Waals surface area contributed by atoms with E-state index >= 15 is 0 Å². The number of nitrogens with zero attached hydrogens (tertiary/aromatic N) is 5. The number of amides is 1. The van der Waals surface area contributed by atoms with E-state index in [-0.39, 0.29) is 5.91 Å². The standard InChI is InChI=1S/C25H25ClN6O3/c1-35-22-12-17(16-7-10-31(11-8-16)23(34)15-33)5-6-20(22)29-25-27-14-19(26)24(30-25)18-13-28-32-9-3-2-4-21(18)32/h2-6,9,12-14,16,33H,7-8,10-11,15H2,1H3,(H,27,29,30). The molecule has 1 aliphatic heterocycles. The average Bonchev–Trinajstić information content (AvgIpc) is 3.33. The number of pyridine rings is 1. The highest BCUT2D eigenvalue weighted by molar-refractivity contribution is 6.33. The zero-order valence-corrected chi connectivity index (χ0v) is 19.9. The number of hydrogen-bond acceptors (Lipinski definition) is 7. The van der Waals surface area contributed by atoms with Crippen molar-refractivity contribution in [2.75, 3.05) is 32.1 Å². The normalized spacial score (nSPS) is 14.3. The van der Waals surface area contributed by atoms with Crippen LogP contribution in [0.2, 0.25) is 5.02 Å². The molecule has 180 valence electrons. The SMILES string of the molecule is COc1cc(C2CCN(C(=O)CO)CC2)ccc1Nc1ncc(Cl)c(-c2cnn3ccccc23)n1. The van der Waals surface area contributed by atoms with Crippen molar-refractivity contribution in [2.45, 2.75) is 18.8 Å². The highest BCUT2D eigenvalue weighted by Gasteiger charge is 2.24. The Bertz CT molecular complexity index is 1370. The van der Waals surface area contributed by atoms with Crippen LogP contribution in [0.5, 0.6) is 5.75 Å². The maximum absolute atomic E-state index is 11.7. The highest BCUT2D eigenvalue weighted by Crippen LogP contribution is 2.36. The summed E-state index contributed by atoms with van der Waals surface area (Å²) >= 11 is 6.44. The number of hydrogen-bond donors (Lipinski definition) is 2. The van der Waals surface area contributed by atoms with Gasteiger partial charge in [-0.25, -0.2) is 14.5 Å². The summed E-state index contributed by atoms with van der Waals surface area (Å²) in [5.74, 6) is 1.16. The zero-order chi connectivity index (χ0) is 24.4. The molecule has 1 aromatic carbocycles. The molecule has 4 heterocycles. The number of aromatic nitrogens is 4. The van der Waals surface area contributed by atoms with Crippen LogP contribution in [0.3, 0.4) is 0 Å². The number of carbonyl (C=O) groups is 1. The van der Waals surface area contributed by atoms with Crippen LogP contribution in [-0.2, 0) is 4.79 Å². The van der Waals surface area contributed by atoms with Crippen molar-refractivity contribution < 1.29 is 14.6 Å². The lowest BCUT2D eigenvalue weighted by molar-refractivity contribution is -0.135. The summed E-state index contributed by atoms with van der Waals surface area (Å²) < 4.78 is 7.43. The highest BCUT2D eigenvalue weighted by atomic mass is 35.5. The molecule has 1 amide bonds. The molecule has 0 unspecified atom stereocenters. The Labute approximate surface area is 207 Å². The second-order valence-electron chi connectivity index (χ2n) is 8.38. The van der Waals surface area contributed by atoms with E-state index in [2.05, 4.69) is 26.4 Å². The first-order valence-electron chi connectivity index (χ1n) is 11.4. The Morgan fingerprint density at radius 2 is 2.06 bits per heavy atom. The average molecular weight is 493 g/mol. The van der Waals surface area contributed by atoms with E-state index in [1.54, 1.807) is 28.9 Å². The first kappa shape index (κ1) is 23.1. The molecule has 0 radical (unpaired) electrons. The van der Waals surface area contributed by atoms with Gasteiger partial charge in [-0.05, 0) is 48.6 Å². The van der Waals surface area contributed by atoms with Crippen molar-refractivity contribution in [3.05, 3.63) is 65.6 Å². The minimum Gasteiger partial charge on any atom is -0.495 e. The van der Waals surface area contributed by atoms with E-state index in [1.807, 2.05) is 36.5 Å². The quantitative estimate of drug-likeness (QED) is 0.420. The van der Waals surface area contributed by atoms with Crippen LogP contribution in [0.25, 0.3) is 16.8 Å². The van der Waals surface area contributed by atoms with Gasteiger partial charge in [-0.1, -0.05) is 23.7 Å². The third kappa shape index (κ3) is 4.65. The minimum atomic E-state index is -0.440. The number of anilines is 2. The van der Waals surface area contributed by atoms with E-state index in [0.29, 0.717) is 41.4 Å². The van der Waals surface area contributed by atoms with Gasteiger partial charge in [-0.2, -0.15) is 5.10 Å². The van der Waals surface area contributed by atoms with Gasteiger partial charge in [0.15, 0.2) is 0 Å². The third-order valence-electron chi connectivity index (χ3n) is 6.35. The molecule has 0 spiro atoms. The van der Waals surface area contributed by atoms with Crippen molar-refractivity contribution in [1.82, 2.24) is 24.5 Å². The van der Waals surface area contributed by atoms with E-state index in [0.717, 1.165) is 35.2 Å². The van der Waals surface area contributed by atoms with E-state index < -0.39 is 6.61 Å². The summed E-state index contributed by atoms with van der Waals surface area (Å²) in [6.45, 7) is 0.833. The number of carbonyl (C=O) groups excluding carboxylic acids is 1. The second kappa shape index (κ2) is 9.89. The van der Waals surface area contributed by atoms with Crippen molar-refractivity contribution in [3.8, 4) is 17.0 Å². The van der Waals surface area contributed by atoms with Crippen molar-refractivity contribution in [3.63, 3.8) is 0 Å². The molecule has 5 rings (SSSR count). The lowest BCUT2D eigenvalue weighted by Gasteiger charge is -2.32. The molecule has 1 saturated heterocycles. The molecule has 2 N–H and O–H groups in total. The number of piperidine rings is 1. The Morgan fingerprint density at radius 1 is 1.23 bits per heavy atom. The van der Waals surface area contributed by atoms with Crippen LogP contribution in [0.1, 0.15) is 24.3 Å². The van der Waals surface area contributed by atoms with Crippen molar-refractivity contribution in [2.24, 2.45) is 0 Å². The van der Waals surface area contributed by atoms with Crippen LogP contribution in [0.4, 0.5) is 11.6 Å². The van der Waals surface area contributed by atoms with Gasteiger partial charge in [-0.3, -0.25) is 4.79 Å². The molecule has 10 heteroatoms. The maximum atomic E-state index is 11.7. The van der Waals surface area contributed by atoms with E-state index in [9.17, 15) is 4.79 Å². The number of methoxy groups -OCH3 is 1. The molecule has 0 atom stereocenters. The summed E-state index contributed by atoms with van der Waals surface area (Å²) in [5.41, 5.74) is 4.18. The summed E-state index contributed by atoms with van der Waals surface area (Å²) in [5, 5.41) is 17.1. The Kier molecular flexibility index (Phi) is 6.52. The van der Waals surface area contributed by atoms with Gasteiger partial charge >= 0.3 is 0 Å². The lowest BCUT2D eigenvalue weighted by Crippen LogP contribution is -2.39. The predicted molar refractivity (Wildman–Crippen MR) is 133 cm³/mol. The summed E-state index contributed by atoms with van der Waals surface area (Å²) in [6.07, 6.45) is 6.85. The lowest BCUT2D eigenvalue weighted by atomic mass is 9.89. The van der Waals surface area contributed by atoms with Crippen molar-refractivity contribution in [1.29, 1.82) is 0 Å². The molecule has 0 saturated carbocycles. The topological polar surface area (TPSA) is 105 Å². The molecule has 1 aliphatic rings. The van der Waals surface area contributed by atoms with E-state index in [4.69, 9.17) is 21.4 Å². The molecule has 0 aliphatic carbocycles. The summed E-state index contributed by atoms with van der Waals surface area (Å²) in [7, 11) is 1.62. The molecule has 0 bridgehead atoms. The fourth-order valence-electron chi connectivity index (χ4n) is 4.48. The van der Waals surface area contributed by atoms with E-state index in [1.165, 1.54) is 0 Å². The molecular formula is C25H25ClN6O3. The molecule has 4 aromatic rings. The van der Waals surface area contributed by atoms with Gasteiger partial charge in [-0.15, -0.1) is 0 Å². The largest absolute Gasteiger partial charge is 0.495 e. The van der Waals surface area contributed by atoms with Crippen LogP contribution in [-0.4, -0.2) is 62.3 Å². The van der Waals surface area contributed by atoms with Crippen LogP contribution < -0.4 is 10.1 Å². The fraction of sp³-hybridized carbons (Fsp3) is 0.280. The molecule has 3 aromatic heterocycles. The Hall–Kier alpha value is -3.69. The monoisotopic (exact) mass is 492 g/mol. The number of ether oxygens (including phenoxy) is 1. The third-order valence-corrected chi connectivity index (χ3v) is 6.63. The summed E-state index contributed by atoms with van der Waals surface area (Å²) in [4.78, 5) is 22.5.